The van der Waals surface area contributed by atoms with Gasteiger partial charge in [0.2, 0.25) is 5.91 Å². The first-order chi connectivity index (χ1) is 47.3. The average Bonchev–Trinajstić information content (AvgIpc) is 0.792. The lowest BCUT2D eigenvalue weighted by molar-refractivity contribution is -0.379. The van der Waals surface area contributed by atoms with Crippen molar-refractivity contribution < 1.29 is 89.4 Å². The second-order valence-corrected chi connectivity index (χ2v) is 26.4. The van der Waals surface area contributed by atoms with Crippen LogP contribution in [0.1, 0.15) is 245 Å². The highest BCUT2D eigenvalue weighted by Crippen LogP contribution is 2.33. The van der Waals surface area contributed by atoms with Gasteiger partial charge in [-0.25, -0.2) is 0 Å². The van der Waals surface area contributed by atoms with E-state index in [4.69, 9.17) is 28.4 Å². The summed E-state index contributed by atoms with van der Waals surface area (Å²) in [4.78, 5) is 13.5. The van der Waals surface area contributed by atoms with E-state index < -0.39 is 124 Å². The first-order valence-corrected chi connectivity index (χ1v) is 37.6. The molecule has 0 spiro atoms. The summed E-state index contributed by atoms with van der Waals surface area (Å²) in [6, 6.07) is -0.902. The van der Waals surface area contributed by atoms with Gasteiger partial charge in [0.1, 0.15) is 73.2 Å². The van der Waals surface area contributed by atoms with Crippen molar-refractivity contribution in [3.05, 3.63) is 109 Å². The number of unbranched alkanes of at least 4 members (excludes halogenated alkanes) is 23. The molecule has 3 fully saturated rings. The van der Waals surface area contributed by atoms with Gasteiger partial charge in [-0.1, -0.05) is 264 Å². The standard InChI is InChI=1S/C78H133NO18/c1-3-5-7-9-11-13-15-17-19-21-22-23-24-25-26-27-28-29-30-31-32-33-34-35-36-37-38-40-42-44-46-48-50-52-54-56-66(84)79-61(62(83)55-53-51-49-47-45-43-41-39-20-18-16-14-12-10-8-6-4-2)60-92-76-72(90)69(87)74(64(58-81)94-76)97-78-73(91)70(88)75(65(59-82)95-78)96-77-71(89)68(86)67(85)63(57-80)93-77/h5,7,11,13,17,19,22-23,25-26,28-29,31-32,34-35,37-38,61-65,67-78,80-83,85-91H,3-4,6,8-10,12,14-16,18,20-21,24,27,30,33,36,39-60H2,1-2H3,(H,79,84)/b7-5-,13-11-,19-17-,23-22-,26-25-,29-28-,32-31-,35-34-,38-37-. The zero-order chi connectivity index (χ0) is 70.4. The molecule has 0 bridgehead atoms. The highest BCUT2D eigenvalue weighted by molar-refractivity contribution is 5.76. The second kappa shape index (κ2) is 58.0. The number of carbonyl (C=O) groups is 1. The summed E-state index contributed by atoms with van der Waals surface area (Å²) in [5.74, 6) is -0.257. The monoisotopic (exact) mass is 1370 g/mol. The first kappa shape index (κ1) is 87.7. The zero-order valence-corrected chi connectivity index (χ0v) is 59.3. The molecule has 0 radical (unpaired) electrons. The van der Waals surface area contributed by atoms with Gasteiger partial charge in [-0.05, 0) is 83.5 Å². The Morgan fingerprint density at radius 2 is 0.711 bits per heavy atom. The third-order valence-electron chi connectivity index (χ3n) is 18.1. The topological polar surface area (TPSA) is 307 Å². The molecule has 19 nitrogen and oxygen atoms in total. The van der Waals surface area contributed by atoms with Crippen LogP contribution in [0.3, 0.4) is 0 Å². The van der Waals surface area contributed by atoms with Crippen LogP contribution in [0, 0.1) is 0 Å². The van der Waals surface area contributed by atoms with Crippen molar-refractivity contribution in [2.45, 2.75) is 349 Å². The Labute approximate surface area is 583 Å². The van der Waals surface area contributed by atoms with Crippen molar-refractivity contribution >= 4 is 5.91 Å². The van der Waals surface area contributed by atoms with Crippen LogP contribution in [-0.4, -0.2) is 193 Å². The van der Waals surface area contributed by atoms with Crippen LogP contribution >= 0.6 is 0 Å². The largest absolute Gasteiger partial charge is 0.394 e. The quantitative estimate of drug-likeness (QED) is 0.0199. The van der Waals surface area contributed by atoms with E-state index in [2.05, 4.69) is 129 Å². The summed E-state index contributed by atoms with van der Waals surface area (Å²) >= 11 is 0. The van der Waals surface area contributed by atoms with E-state index in [1.165, 1.54) is 83.5 Å². The minimum Gasteiger partial charge on any atom is -0.394 e. The Morgan fingerprint density at radius 1 is 0.381 bits per heavy atom. The van der Waals surface area contributed by atoms with E-state index in [1.54, 1.807) is 0 Å². The van der Waals surface area contributed by atoms with Crippen LogP contribution in [0.2, 0.25) is 0 Å². The molecular weight excluding hydrogens is 1240 g/mol. The summed E-state index contributed by atoms with van der Waals surface area (Å²) in [5.41, 5.74) is 0. The molecular formula is C78H133NO18. The number of allylic oxidation sites excluding steroid dienone is 18. The van der Waals surface area contributed by atoms with Crippen LogP contribution in [0.4, 0.5) is 0 Å². The molecule has 0 aromatic rings. The molecule has 3 rings (SSSR count). The molecule has 558 valence electrons. The average molecular weight is 1370 g/mol. The lowest BCUT2D eigenvalue weighted by Gasteiger charge is -2.48. The maximum atomic E-state index is 13.5. The summed E-state index contributed by atoms with van der Waals surface area (Å²) in [5, 5.41) is 121. The van der Waals surface area contributed by atoms with E-state index in [0.29, 0.717) is 12.8 Å². The molecule has 17 atom stereocenters. The van der Waals surface area contributed by atoms with Gasteiger partial charge in [0.25, 0.3) is 0 Å². The molecule has 0 aromatic heterocycles. The van der Waals surface area contributed by atoms with Crippen molar-refractivity contribution in [1.29, 1.82) is 0 Å². The van der Waals surface area contributed by atoms with E-state index in [-0.39, 0.29) is 18.9 Å². The van der Waals surface area contributed by atoms with Gasteiger partial charge in [0.05, 0.1) is 38.6 Å². The van der Waals surface area contributed by atoms with Crippen LogP contribution < -0.4 is 5.32 Å². The van der Waals surface area contributed by atoms with Gasteiger partial charge in [-0.2, -0.15) is 0 Å². The molecule has 19 heteroatoms. The molecule has 3 heterocycles. The third kappa shape index (κ3) is 38.9. The van der Waals surface area contributed by atoms with E-state index in [0.717, 1.165) is 128 Å². The SMILES string of the molecule is CC/C=C\C/C=C\C/C=C\C/C=C\C/C=C\C/C=C\C/C=C\C/C=C\C/C=C\CCCCCCCCCC(=O)NC(COC1OC(CO)C(OC2OC(CO)C(OC3OC(CO)C(O)C(O)C3O)C(O)C2O)C(O)C1O)C(O)CCCCCCCCCCCCCCCCCCC. The molecule has 17 unspecified atom stereocenters. The number of aliphatic hydroxyl groups excluding tert-OH is 11. The van der Waals surface area contributed by atoms with Crippen LogP contribution in [-0.2, 0) is 33.2 Å². The van der Waals surface area contributed by atoms with Crippen molar-refractivity contribution in [3.63, 3.8) is 0 Å². The first-order valence-electron chi connectivity index (χ1n) is 37.6. The number of aliphatic hydroxyl groups is 11. The molecule has 3 saturated heterocycles. The lowest BCUT2D eigenvalue weighted by Crippen LogP contribution is -2.66. The van der Waals surface area contributed by atoms with Crippen molar-refractivity contribution in [2.75, 3.05) is 26.4 Å². The number of hydrogen-bond donors (Lipinski definition) is 12. The molecule has 0 aromatic carbocycles. The Balaban J connectivity index is 1.38. The zero-order valence-electron chi connectivity index (χ0n) is 59.3. The number of nitrogens with one attached hydrogen (secondary N) is 1. The van der Waals surface area contributed by atoms with Gasteiger partial charge in [0.15, 0.2) is 18.9 Å². The van der Waals surface area contributed by atoms with Gasteiger partial charge in [-0.15, -0.1) is 0 Å². The van der Waals surface area contributed by atoms with Crippen LogP contribution in [0.15, 0.2) is 109 Å². The molecule has 12 N–H and O–H groups in total. The van der Waals surface area contributed by atoms with Crippen molar-refractivity contribution in [1.82, 2.24) is 5.32 Å². The van der Waals surface area contributed by atoms with Gasteiger partial charge in [-0.3, -0.25) is 4.79 Å². The molecule has 0 aliphatic carbocycles. The predicted molar refractivity (Wildman–Crippen MR) is 383 cm³/mol. The van der Waals surface area contributed by atoms with E-state index in [9.17, 15) is 61.0 Å². The van der Waals surface area contributed by atoms with Gasteiger partial charge >= 0.3 is 0 Å². The Bertz CT molecular complexity index is 2180. The summed E-state index contributed by atoms with van der Waals surface area (Å²) < 4.78 is 34.4. The molecule has 97 heavy (non-hydrogen) atoms. The lowest BCUT2D eigenvalue weighted by atomic mass is 9.96. The fraction of sp³-hybridized carbons (Fsp3) is 0.756. The molecule has 0 saturated carbocycles. The van der Waals surface area contributed by atoms with E-state index >= 15 is 0 Å². The number of carbonyl (C=O) groups excluding carboxylic acids is 1. The van der Waals surface area contributed by atoms with Gasteiger partial charge < -0.3 is 89.9 Å². The smallest absolute Gasteiger partial charge is 0.220 e. The van der Waals surface area contributed by atoms with Gasteiger partial charge in [0, 0.05) is 6.42 Å². The second-order valence-electron chi connectivity index (χ2n) is 26.4. The Kier molecular flexibility index (Phi) is 52.4. The predicted octanol–water partition coefficient (Wildman–Crippen LogP) is 11.4. The number of rotatable bonds is 57. The van der Waals surface area contributed by atoms with Crippen molar-refractivity contribution in [3.8, 4) is 0 Å². The summed E-state index contributed by atoms with van der Waals surface area (Å²) in [6.07, 6.45) is 51.6. The fourth-order valence-electron chi connectivity index (χ4n) is 12.1. The Morgan fingerprint density at radius 3 is 1.11 bits per heavy atom. The maximum absolute atomic E-state index is 13.5. The summed E-state index contributed by atoms with van der Waals surface area (Å²) in [6.45, 7) is 1.68. The van der Waals surface area contributed by atoms with Crippen LogP contribution in [0.5, 0.6) is 0 Å². The maximum Gasteiger partial charge on any atom is 0.220 e. The highest BCUT2D eigenvalue weighted by Gasteiger charge is 2.53. The molecule has 3 aliphatic heterocycles. The molecule has 3 aliphatic rings. The third-order valence-corrected chi connectivity index (χ3v) is 18.1. The Hall–Kier alpha value is -3.55. The minimum absolute atomic E-state index is 0.247. The normalized spacial score (nSPS) is 27.5. The van der Waals surface area contributed by atoms with Crippen LogP contribution in [0.25, 0.3) is 0 Å². The number of amides is 1. The number of ether oxygens (including phenoxy) is 6. The van der Waals surface area contributed by atoms with Crippen molar-refractivity contribution in [2.24, 2.45) is 0 Å². The van der Waals surface area contributed by atoms with E-state index in [1.807, 2.05) is 0 Å². The summed E-state index contributed by atoms with van der Waals surface area (Å²) in [7, 11) is 0. The molecule has 1 amide bonds. The fourth-order valence-corrected chi connectivity index (χ4v) is 12.1. The highest BCUT2D eigenvalue weighted by atomic mass is 16.8. The number of hydrogen-bond acceptors (Lipinski definition) is 18. The minimum atomic E-state index is -1.98.